The largest absolute Gasteiger partial charge is 0.330 e. The van der Waals surface area contributed by atoms with Crippen molar-refractivity contribution in [2.45, 2.75) is 18.2 Å². The molecule has 0 aromatic heterocycles. The molecule has 94 valence electrons. The number of aryl methyl sites for hydroxylation is 1. The van der Waals surface area contributed by atoms with Gasteiger partial charge in [-0.05, 0) is 37.9 Å². The highest BCUT2D eigenvalue weighted by Crippen LogP contribution is 2.23. The van der Waals surface area contributed by atoms with Crippen molar-refractivity contribution in [3.05, 3.63) is 29.8 Å². The molecule has 0 unspecified atom stereocenters. The van der Waals surface area contributed by atoms with Crippen molar-refractivity contribution in [1.29, 1.82) is 0 Å². The second-order valence-corrected chi connectivity index (χ2v) is 6.50. The smallest absolute Gasteiger partial charge is 0.243 e. The normalized spacial score (nSPS) is 21.9. The van der Waals surface area contributed by atoms with Gasteiger partial charge < -0.3 is 5.73 Å². The number of hydrogen-bond acceptors (Lipinski definition) is 3. The monoisotopic (exact) mass is 254 g/mol. The molecule has 1 fully saturated rings. The van der Waals surface area contributed by atoms with Crippen LogP contribution in [0.5, 0.6) is 0 Å². The van der Waals surface area contributed by atoms with Gasteiger partial charge in [-0.1, -0.05) is 17.7 Å². The van der Waals surface area contributed by atoms with Crippen molar-refractivity contribution < 1.29 is 8.42 Å². The Bertz CT molecular complexity index is 482. The number of hydrogen-bond donors (Lipinski definition) is 1. The highest BCUT2D eigenvalue weighted by molar-refractivity contribution is 7.89. The second-order valence-electron chi connectivity index (χ2n) is 4.57. The summed E-state index contributed by atoms with van der Waals surface area (Å²) in [6, 6.07) is 6.98. The molecule has 17 heavy (non-hydrogen) atoms. The molecule has 5 heteroatoms. The average molecular weight is 254 g/mol. The van der Waals surface area contributed by atoms with Gasteiger partial charge >= 0.3 is 0 Å². The van der Waals surface area contributed by atoms with Crippen molar-refractivity contribution in [2.75, 3.05) is 19.6 Å². The van der Waals surface area contributed by atoms with Crippen LogP contribution in [0, 0.1) is 12.8 Å². The molecule has 1 aromatic carbocycles. The van der Waals surface area contributed by atoms with Crippen LogP contribution < -0.4 is 5.73 Å². The Balaban J connectivity index is 2.22. The van der Waals surface area contributed by atoms with Crippen LogP contribution in [0.2, 0.25) is 0 Å². The molecule has 2 rings (SSSR count). The summed E-state index contributed by atoms with van der Waals surface area (Å²) < 4.78 is 26.1. The summed E-state index contributed by atoms with van der Waals surface area (Å²) in [4.78, 5) is 0.376. The lowest BCUT2D eigenvalue weighted by Gasteiger charge is -2.16. The van der Waals surface area contributed by atoms with Crippen LogP contribution in [0.25, 0.3) is 0 Å². The van der Waals surface area contributed by atoms with Crippen LogP contribution in [0.3, 0.4) is 0 Å². The number of nitrogens with two attached hydrogens (primary N) is 1. The van der Waals surface area contributed by atoms with Gasteiger partial charge in [-0.25, -0.2) is 8.42 Å². The minimum Gasteiger partial charge on any atom is -0.330 e. The van der Waals surface area contributed by atoms with Gasteiger partial charge in [0.05, 0.1) is 4.90 Å². The van der Waals surface area contributed by atoms with E-state index in [0.29, 0.717) is 30.4 Å². The summed E-state index contributed by atoms with van der Waals surface area (Å²) in [5.74, 6) is 0.301. The van der Waals surface area contributed by atoms with Crippen molar-refractivity contribution in [3.8, 4) is 0 Å². The first-order valence-electron chi connectivity index (χ1n) is 5.81. The van der Waals surface area contributed by atoms with E-state index in [1.54, 1.807) is 12.1 Å². The molecular weight excluding hydrogens is 236 g/mol. The maximum atomic E-state index is 12.3. The van der Waals surface area contributed by atoms with Crippen LogP contribution in [0.4, 0.5) is 0 Å². The van der Waals surface area contributed by atoms with Gasteiger partial charge in [-0.15, -0.1) is 0 Å². The Kier molecular flexibility index (Phi) is 3.51. The van der Waals surface area contributed by atoms with E-state index in [1.165, 1.54) is 4.31 Å². The zero-order chi connectivity index (χ0) is 12.5. The highest BCUT2D eigenvalue weighted by Gasteiger charge is 2.31. The van der Waals surface area contributed by atoms with Gasteiger partial charge in [0, 0.05) is 13.1 Å². The minimum absolute atomic E-state index is 0.301. The predicted octanol–water partition coefficient (Wildman–Crippen LogP) is 0.964. The van der Waals surface area contributed by atoms with Gasteiger partial charge in [0.15, 0.2) is 0 Å². The Hall–Kier alpha value is -0.910. The molecular formula is C12H18N2O2S. The topological polar surface area (TPSA) is 63.4 Å². The fraction of sp³-hybridized carbons (Fsp3) is 0.500. The van der Waals surface area contributed by atoms with Gasteiger partial charge in [-0.2, -0.15) is 4.31 Å². The number of nitrogens with zero attached hydrogens (tertiary/aromatic N) is 1. The molecule has 1 aliphatic heterocycles. The van der Waals surface area contributed by atoms with Crippen LogP contribution >= 0.6 is 0 Å². The third-order valence-corrected chi connectivity index (χ3v) is 5.12. The third-order valence-electron chi connectivity index (χ3n) is 3.24. The summed E-state index contributed by atoms with van der Waals surface area (Å²) in [6.45, 7) is 3.63. The number of sulfonamides is 1. The molecule has 0 amide bonds. The minimum atomic E-state index is -3.32. The van der Waals surface area contributed by atoms with Crippen molar-refractivity contribution in [1.82, 2.24) is 4.31 Å². The molecule has 1 aliphatic rings. The van der Waals surface area contributed by atoms with Crippen LogP contribution in [0.1, 0.15) is 12.0 Å². The predicted molar refractivity (Wildman–Crippen MR) is 67.1 cm³/mol. The molecule has 1 atom stereocenters. The third kappa shape index (κ3) is 2.51. The van der Waals surface area contributed by atoms with Gasteiger partial charge in [0.25, 0.3) is 0 Å². The van der Waals surface area contributed by atoms with E-state index in [-0.39, 0.29) is 0 Å². The quantitative estimate of drug-likeness (QED) is 0.874. The summed E-state index contributed by atoms with van der Waals surface area (Å²) in [7, 11) is -3.32. The summed E-state index contributed by atoms with van der Waals surface area (Å²) in [5, 5.41) is 0. The second kappa shape index (κ2) is 4.76. The van der Waals surface area contributed by atoms with E-state index in [2.05, 4.69) is 0 Å². The van der Waals surface area contributed by atoms with Crippen LogP contribution in [0.15, 0.2) is 29.2 Å². The van der Waals surface area contributed by atoms with Crippen molar-refractivity contribution in [3.63, 3.8) is 0 Å². The number of rotatable bonds is 3. The Morgan fingerprint density at radius 1 is 1.35 bits per heavy atom. The van der Waals surface area contributed by atoms with Gasteiger partial charge in [0.1, 0.15) is 0 Å². The zero-order valence-electron chi connectivity index (χ0n) is 9.96. The molecule has 0 saturated carbocycles. The Labute approximate surface area is 102 Å². The van der Waals surface area contributed by atoms with Crippen molar-refractivity contribution in [2.24, 2.45) is 11.7 Å². The van der Waals surface area contributed by atoms with Crippen LogP contribution in [-0.4, -0.2) is 32.4 Å². The molecule has 1 saturated heterocycles. The number of benzene rings is 1. The molecule has 4 nitrogen and oxygen atoms in total. The summed E-state index contributed by atoms with van der Waals surface area (Å²) in [6.07, 6.45) is 0.863. The van der Waals surface area contributed by atoms with E-state index in [0.717, 1.165) is 12.0 Å². The summed E-state index contributed by atoms with van der Waals surface area (Å²) >= 11 is 0. The van der Waals surface area contributed by atoms with Crippen LogP contribution in [-0.2, 0) is 10.0 Å². The first kappa shape index (κ1) is 12.5. The molecule has 1 heterocycles. The van der Waals surface area contributed by atoms with E-state index >= 15 is 0 Å². The zero-order valence-corrected chi connectivity index (χ0v) is 10.8. The van der Waals surface area contributed by atoms with Crippen molar-refractivity contribution >= 4 is 10.0 Å². The van der Waals surface area contributed by atoms with E-state index in [1.807, 2.05) is 19.1 Å². The maximum Gasteiger partial charge on any atom is 0.243 e. The molecule has 0 bridgehead atoms. The molecule has 1 aromatic rings. The Morgan fingerprint density at radius 2 is 2.00 bits per heavy atom. The molecule has 0 spiro atoms. The first-order chi connectivity index (χ1) is 8.04. The maximum absolute atomic E-state index is 12.3. The lowest BCUT2D eigenvalue weighted by Crippen LogP contribution is -2.30. The SMILES string of the molecule is Cc1ccc(S(=O)(=O)N2CC[C@@H](CN)C2)cc1. The lowest BCUT2D eigenvalue weighted by molar-refractivity contribution is 0.459. The van der Waals surface area contributed by atoms with Gasteiger partial charge in [0.2, 0.25) is 10.0 Å². The summed E-state index contributed by atoms with van der Waals surface area (Å²) in [5.41, 5.74) is 6.64. The van der Waals surface area contributed by atoms with E-state index in [9.17, 15) is 8.42 Å². The molecule has 2 N–H and O–H groups in total. The van der Waals surface area contributed by atoms with Gasteiger partial charge in [-0.3, -0.25) is 0 Å². The van der Waals surface area contributed by atoms with E-state index < -0.39 is 10.0 Å². The molecule has 0 radical (unpaired) electrons. The van der Waals surface area contributed by atoms with E-state index in [4.69, 9.17) is 5.73 Å². The lowest BCUT2D eigenvalue weighted by atomic mass is 10.1. The Morgan fingerprint density at radius 3 is 2.53 bits per heavy atom. The standard InChI is InChI=1S/C12H18N2O2S/c1-10-2-4-12(5-3-10)17(15,16)14-7-6-11(8-13)9-14/h2-5,11H,6-9,13H2,1H3/t11-/m0/s1. The fourth-order valence-corrected chi connectivity index (χ4v) is 3.60. The molecule has 0 aliphatic carbocycles. The highest BCUT2D eigenvalue weighted by atomic mass is 32.2. The average Bonchev–Trinajstić information content (AvgIpc) is 2.78. The fourth-order valence-electron chi connectivity index (χ4n) is 2.07. The first-order valence-corrected chi connectivity index (χ1v) is 7.25.